The molecule has 0 aliphatic carbocycles. The summed E-state index contributed by atoms with van der Waals surface area (Å²) in [4.78, 5) is 11.9. The van der Waals surface area contributed by atoms with Crippen LogP contribution in [0.15, 0.2) is 22.7 Å². The Bertz CT molecular complexity index is 393. The number of nitrogens with one attached hydrogen (secondary N) is 1. The number of hydrogen-bond acceptors (Lipinski definition) is 2. The molecule has 3 N–H and O–H groups in total. The summed E-state index contributed by atoms with van der Waals surface area (Å²) in [5, 5.41) is 2.93. The van der Waals surface area contributed by atoms with Gasteiger partial charge in [0.25, 0.3) is 0 Å². The van der Waals surface area contributed by atoms with Gasteiger partial charge in [-0.05, 0) is 53.9 Å². The van der Waals surface area contributed by atoms with Crippen LogP contribution in [0.4, 0.5) is 5.69 Å². The number of carbonyl (C=O) groups is 1. The summed E-state index contributed by atoms with van der Waals surface area (Å²) >= 11 is 3.48. The Kier molecular flexibility index (Phi) is 5.65. The first kappa shape index (κ1) is 14.2. The normalized spacial score (nSPS) is 12.2. The van der Waals surface area contributed by atoms with Crippen molar-refractivity contribution in [2.24, 2.45) is 11.7 Å². The topological polar surface area (TPSA) is 55.1 Å². The van der Waals surface area contributed by atoms with Gasteiger partial charge in [-0.3, -0.25) is 4.79 Å². The fourth-order valence-electron chi connectivity index (χ4n) is 1.56. The van der Waals surface area contributed by atoms with E-state index in [4.69, 9.17) is 5.73 Å². The van der Waals surface area contributed by atoms with Crippen molar-refractivity contribution in [3.63, 3.8) is 0 Å². The second kappa shape index (κ2) is 6.77. The second-order valence-electron chi connectivity index (χ2n) is 4.26. The van der Waals surface area contributed by atoms with E-state index >= 15 is 0 Å². The molecule has 0 aromatic heterocycles. The molecule has 17 heavy (non-hydrogen) atoms. The quantitative estimate of drug-likeness (QED) is 0.878. The first-order valence-electron chi connectivity index (χ1n) is 5.82. The third-order valence-electron chi connectivity index (χ3n) is 2.74. The van der Waals surface area contributed by atoms with E-state index in [1.165, 1.54) is 0 Å². The SMILES string of the molecule is Cc1cccc(NC(=O)C(C)CCCN)c1Br. The van der Waals surface area contributed by atoms with Gasteiger partial charge < -0.3 is 11.1 Å². The van der Waals surface area contributed by atoms with Gasteiger partial charge >= 0.3 is 0 Å². The number of aryl methyl sites for hydroxylation is 1. The number of anilines is 1. The van der Waals surface area contributed by atoms with Crippen LogP contribution in [0.25, 0.3) is 0 Å². The third-order valence-corrected chi connectivity index (χ3v) is 3.79. The van der Waals surface area contributed by atoms with E-state index in [9.17, 15) is 4.79 Å². The number of halogens is 1. The predicted octanol–water partition coefficient (Wildman–Crippen LogP) is 3.07. The second-order valence-corrected chi connectivity index (χ2v) is 5.05. The molecule has 0 fully saturated rings. The van der Waals surface area contributed by atoms with Crippen LogP contribution in [0.3, 0.4) is 0 Å². The van der Waals surface area contributed by atoms with Crippen LogP contribution in [-0.4, -0.2) is 12.5 Å². The summed E-state index contributed by atoms with van der Waals surface area (Å²) < 4.78 is 0.944. The zero-order valence-electron chi connectivity index (χ0n) is 10.3. The summed E-state index contributed by atoms with van der Waals surface area (Å²) in [6, 6.07) is 5.82. The highest BCUT2D eigenvalue weighted by Gasteiger charge is 2.13. The van der Waals surface area contributed by atoms with E-state index in [0.717, 1.165) is 28.6 Å². The highest BCUT2D eigenvalue weighted by Crippen LogP contribution is 2.26. The summed E-state index contributed by atoms with van der Waals surface area (Å²) in [6.45, 7) is 4.55. The van der Waals surface area contributed by atoms with E-state index in [1.54, 1.807) is 0 Å². The Morgan fingerprint density at radius 2 is 2.24 bits per heavy atom. The number of amides is 1. The molecule has 94 valence electrons. The number of rotatable bonds is 5. The molecule has 0 heterocycles. The molecule has 1 atom stereocenters. The average molecular weight is 299 g/mol. The maximum atomic E-state index is 11.9. The summed E-state index contributed by atoms with van der Waals surface area (Å²) in [7, 11) is 0. The Balaban J connectivity index is 2.64. The van der Waals surface area contributed by atoms with Gasteiger partial charge in [0.2, 0.25) is 5.91 Å². The minimum absolute atomic E-state index is 0.00837. The van der Waals surface area contributed by atoms with Crippen LogP contribution in [-0.2, 0) is 4.79 Å². The van der Waals surface area contributed by atoms with Crippen LogP contribution in [0, 0.1) is 12.8 Å². The lowest BCUT2D eigenvalue weighted by Gasteiger charge is -2.13. The van der Waals surface area contributed by atoms with E-state index in [2.05, 4.69) is 21.2 Å². The molecule has 1 rings (SSSR count). The minimum atomic E-state index is -0.00837. The van der Waals surface area contributed by atoms with Gasteiger partial charge in [0.1, 0.15) is 0 Å². The minimum Gasteiger partial charge on any atom is -0.330 e. The van der Waals surface area contributed by atoms with Crippen molar-refractivity contribution in [3.8, 4) is 0 Å². The Morgan fingerprint density at radius 3 is 2.88 bits per heavy atom. The predicted molar refractivity (Wildman–Crippen MR) is 75.0 cm³/mol. The molecule has 0 saturated heterocycles. The van der Waals surface area contributed by atoms with Crippen molar-refractivity contribution in [1.29, 1.82) is 0 Å². The lowest BCUT2D eigenvalue weighted by Crippen LogP contribution is -2.21. The monoisotopic (exact) mass is 298 g/mol. The van der Waals surface area contributed by atoms with Crippen LogP contribution in [0.1, 0.15) is 25.3 Å². The molecule has 0 saturated carbocycles. The number of nitrogens with two attached hydrogens (primary N) is 1. The molecule has 1 aromatic carbocycles. The van der Waals surface area contributed by atoms with Crippen LogP contribution >= 0.6 is 15.9 Å². The van der Waals surface area contributed by atoms with Crippen molar-refractivity contribution in [3.05, 3.63) is 28.2 Å². The maximum Gasteiger partial charge on any atom is 0.227 e. The first-order chi connectivity index (χ1) is 8.06. The van der Waals surface area contributed by atoms with Crippen molar-refractivity contribution < 1.29 is 4.79 Å². The van der Waals surface area contributed by atoms with Gasteiger partial charge in [-0.1, -0.05) is 19.1 Å². The Hall–Kier alpha value is -0.870. The fraction of sp³-hybridized carbons (Fsp3) is 0.462. The van der Waals surface area contributed by atoms with Crippen molar-refractivity contribution in [1.82, 2.24) is 0 Å². The fourth-order valence-corrected chi connectivity index (χ4v) is 1.92. The van der Waals surface area contributed by atoms with Crippen molar-refractivity contribution >= 4 is 27.5 Å². The molecule has 4 heteroatoms. The van der Waals surface area contributed by atoms with Crippen LogP contribution in [0.2, 0.25) is 0 Å². The van der Waals surface area contributed by atoms with Gasteiger partial charge in [0, 0.05) is 10.4 Å². The van der Waals surface area contributed by atoms with Gasteiger partial charge in [-0.2, -0.15) is 0 Å². The first-order valence-corrected chi connectivity index (χ1v) is 6.61. The molecular formula is C13H19BrN2O. The number of carbonyl (C=O) groups excluding carboxylic acids is 1. The lowest BCUT2D eigenvalue weighted by molar-refractivity contribution is -0.119. The molecule has 0 radical (unpaired) electrons. The summed E-state index contributed by atoms with van der Waals surface area (Å²) in [5.74, 6) is 0.0377. The van der Waals surface area contributed by atoms with E-state index in [0.29, 0.717) is 6.54 Å². The average Bonchev–Trinajstić information content (AvgIpc) is 2.31. The standard InChI is InChI=1S/C13H19BrN2O/c1-9-5-3-7-11(12(9)14)16-13(17)10(2)6-4-8-15/h3,5,7,10H,4,6,8,15H2,1-2H3,(H,16,17). The zero-order chi connectivity index (χ0) is 12.8. The smallest absolute Gasteiger partial charge is 0.227 e. The Labute approximate surface area is 111 Å². The largest absolute Gasteiger partial charge is 0.330 e. The molecule has 1 aromatic rings. The van der Waals surface area contributed by atoms with Gasteiger partial charge in [0.15, 0.2) is 0 Å². The highest BCUT2D eigenvalue weighted by atomic mass is 79.9. The Morgan fingerprint density at radius 1 is 1.53 bits per heavy atom. The zero-order valence-corrected chi connectivity index (χ0v) is 11.9. The van der Waals surface area contributed by atoms with Crippen LogP contribution in [0.5, 0.6) is 0 Å². The van der Waals surface area contributed by atoms with Crippen LogP contribution < -0.4 is 11.1 Å². The molecule has 0 aliphatic rings. The molecule has 0 bridgehead atoms. The molecular weight excluding hydrogens is 280 g/mol. The van der Waals surface area contributed by atoms with Crippen molar-refractivity contribution in [2.75, 3.05) is 11.9 Å². The molecule has 3 nitrogen and oxygen atoms in total. The molecule has 1 amide bonds. The molecule has 0 spiro atoms. The molecule has 1 unspecified atom stereocenters. The van der Waals surface area contributed by atoms with Gasteiger partial charge in [-0.15, -0.1) is 0 Å². The van der Waals surface area contributed by atoms with Gasteiger partial charge in [0.05, 0.1) is 5.69 Å². The summed E-state index contributed by atoms with van der Waals surface area (Å²) in [5.41, 5.74) is 7.37. The lowest BCUT2D eigenvalue weighted by atomic mass is 10.0. The number of hydrogen-bond donors (Lipinski definition) is 2. The van der Waals surface area contributed by atoms with E-state index < -0.39 is 0 Å². The van der Waals surface area contributed by atoms with E-state index in [1.807, 2.05) is 32.0 Å². The highest BCUT2D eigenvalue weighted by molar-refractivity contribution is 9.10. The third kappa shape index (κ3) is 4.13. The molecule has 0 aliphatic heterocycles. The van der Waals surface area contributed by atoms with Crippen molar-refractivity contribution in [2.45, 2.75) is 26.7 Å². The number of benzene rings is 1. The summed E-state index contributed by atoms with van der Waals surface area (Å²) in [6.07, 6.45) is 1.70. The van der Waals surface area contributed by atoms with E-state index in [-0.39, 0.29) is 11.8 Å². The van der Waals surface area contributed by atoms with Gasteiger partial charge in [-0.25, -0.2) is 0 Å². The maximum absolute atomic E-state index is 11.9.